The van der Waals surface area contributed by atoms with E-state index in [1.54, 1.807) is 6.07 Å². The van der Waals surface area contributed by atoms with Crippen molar-refractivity contribution in [3.05, 3.63) is 22.7 Å². The summed E-state index contributed by atoms with van der Waals surface area (Å²) in [5.74, 6) is 0. The third-order valence-corrected chi connectivity index (χ3v) is 4.55. The van der Waals surface area contributed by atoms with E-state index in [4.69, 9.17) is 5.73 Å². The molecule has 18 heavy (non-hydrogen) atoms. The fourth-order valence-electron chi connectivity index (χ4n) is 1.41. The van der Waals surface area contributed by atoms with Crippen molar-refractivity contribution in [3.63, 3.8) is 0 Å². The van der Waals surface area contributed by atoms with Crippen molar-refractivity contribution in [1.29, 1.82) is 0 Å². The van der Waals surface area contributed by atoms with E-state index >= 15 is 0 Å². The highest BCUT2D eigenvalue weighted by molar-refractivity contribution is 9.10. The molecule has 4 N–H and O–H groups in total. The van der Waals surface area contributed by atoms with Gasteiger partial charge in [-0.3, -0.25) is 0 Å². The highest BCUT2D eigenvalue weighted by Crippen LogP contribution is 2.22. The van der Waals surface area contributed by atoms with E-state index in [9.17, 15) is 13.5 Å². The maximum Gasteiger partial charge on any atom is 0.240 e. The van der Waals surface area contributed by atoms with Crippen molar-refractivity contribution in [2.45, 2.75) is 30.8 Å². The van der Waals surface area contributed by atoms with Crippen LogP contribution >= 0.6 is 15.9 Å². The van der Waals surface area contributed by atoms with Gasteiger partial charge < -0.3 is 10.8 Å². The van der Waals surface area contributed by atoms with Crippen molar-refractivity contribution in [1.82, 2.24) is 4.72 Å². The Morgan fingerprint density at radius 1 is 1.50 bits per heavy atom. The normalized spacial score (nSPS) is 13.5. The molecule has 1 rings (SSSR count). The number of rotatable bonds is 6. The van der Waals surface area contributed by atoms with Crippen LogP contribution in [0.5, 0.6) is 0 Å². The molecule has 0 amide bonds. The summed E-state index contributed by atoms with van der Waals surface area (Å²) in [7, 11) is -3.62. The van der Waals surface area contributed by atoms with Crippen molar-refractivity contribution in [2.75, 3.05) is 12.3 Å². The Bertz CT molecular complexity index is 505. The second-order valence-corrected chi connectivity index (χ2v) is 6.60. The minimum atomic E-state index is -3.62. The maximum absolute atomic E-state index is 11.9. The number of nitrogen functional groups attached to an aromatic ring is 1. The Morgan fingerprint density at radius 3 is 2.72 bits per heavy atom. The van der Waals surface area contributed by atoms with Gasteiger partial charge in [-0.15, -0.1) is 0 Å². The minimum Gasteiger partial charge on any atom is -0.398 e. The Kier molecular flexibility index (Phi) is 5.58. The first-order valence-corrected chi connectivity index (χ1v) is 7.87. The molecule has 0 bridgehead atoms. The average Bonchev–Trinajstić information content (AvgIpc) is 2.30. The van der Waals surface area contributed by atoms with E-state index in [1.165, 1.54) is 12.1 Å². The quantitative estimate of drug-likeness (QED) is 0.686. The van der Waals surface area contributed by atoms with Crippen molar-refractivity contribution in [2.24, 2.45) is 0 Å². The van der Waals surface area contributed by atoms with Gasteiger partial charge >= 0.3 is 0 Å². The molecule has 1 aromatic rings. The Balaban J connectivity index is 2.77. The molecule has 0 aliphatic rings. The van der Waals surface area contributed by atoms with Crippen LogP contribution in [0.1, 0.15) is 19.8 Å². The molecule has 0 spiro atoms. The number of nitrogens with two attached hydrogens (primary N) is 1. The first-order chi connectivity index (χ1) is 8.36. The summed E-state index contributed by atoms with van der Waals surface area (Å²) >= 11 is 3.20. The SMILES string of the molecule is CCCC(O)CNS(=O)(=O)c1ccc(Br)c(N)c1. The first-order valence-electron chi connectivity index (χ1n) is 5.59. The van der Waals surface area contributed by atoms with Gasteiger partial charge in [0.1, 0.15) is 0 Å². The van der Waals surface area contributed by atoms with E-state index in [0.717, 1.165) is 6.42 Å². The van der Waals surface area contributed by atoms with Gasteiger partial charge in [0.15, 0.2) is 0 Å². The average molecular weight is 337 g/mol. The summed E-state index contributed by atoms with van der Waals surface area (Å²) < 4.78 is 26.8. The number of hydrogen-bond donors (Lipinski definition) is 3. The molecule has 102 valence electrons. The number of anilines is 1. The van der Waals surface area contributed by atoms with E-state index in [1.807, 2.05) is 6.92 Å². The molecular formula is C11H17BrN2O3S. The van der Waals surface area contributed by atoms with Crippen LogP contribution in [0.3, 0.4) is 0 Å². The van der Waals surface area contributed by atoms with Crippen LogP contribution in [0.25, 0.3) is 0 Å². The van der Waals surface area contributed by atoms with Crippen molar-refractivity contribution < 1.29 is 13.5 Å². The topological polar surface area (TPSA) is 92.4 Å². The molecular weight excluding hydrogens is 320 g/mol. The largest absolute Gasteiger partial charge is 0.398 e. The van der Waals surface area contributed by atoms with Gasteiger partial charge in [0.25, 0.3) is 0 Å². The second-order valence-electron chi connectivity index (χ2n) is 3.98. The summed E-state index contributed by atoms with van der Waals surface area (Å²) in [6, 6.07) is 4.40. The molecule has 0 heterocycles. The summed E-state index contributed by atoms with van der Waals surface area (Å²) in [4.78, 5) is 0.0897. The van der Waals surface area contributed by atoms with Crippen molar-refractivity contribution >= 4 is 31.6 Å². The Morgan fingerprint density at radius 2 is 2.17 bits per heavy atom. The molecule has 5 nitrogen and oxygen atoms in total. The zero-order chi connectivity index (χ0) is 13.8. The first kappa shape index (κ1) is 15.4. The number of nitrogens with one attached hydrogen (secondary N) is 1. The highest BCUT2D eigenvalue weighted by Gasteiger charge is 2.16. The Hall–Kier alpha value is -0.630. The molecule has 0 aliphatic heterocycles. The van der Waals surface area contributed by atoms with Crippen LogP contribution in [0.15, 0.2) is 27.6 Å². The molecule has 1 atom stereocenters. The standard InChI is InChI=1S/C11H17BrN2O3S/c1-2-3-8(15)7-14-18(16,17)9-4-5-10(12)11(13)6-9/h4-6,8,14-15H,2-3,7,13H2,1H3. The lowest BCUT2D eigenvalue weighted by Crippen LogP contribution is -2.32. The van der Waals surface area contributed by atoms with Crippen LogP contribution in [0, 0.1) is 0 Å². The fourth-order valence-corrected chi connectivity index (χ4v) is 2.77. The van der Waals surface area contributed by atoms with Gasteiger partial charge in [0, 0.05) is 16.7 Å². The molecule has 1 unspecified atom stereocenters. The van der Waals surface area contributed by atoms with Crippen molar-refractivity contribution in [3.8, 4) is 0 Å². The van der Waals surface area contributed by atoms with Gasteiger partial charge in [-0.2, -0.15) is 0 Å². The van der Waals surface area contributed by atoms with E-state index in [0.29, 0.717) is 16.6 Å². The fraction of sp³-hybridized carbons (Fsp3) is 0.455. The molecule has 0 saturated heterocycles. The third kappa shape index (κ3) is 4.24. The third-order valence-electron chi connectivity index (χ3n) is 2.41. The molecule has 0 saturated carbocycles. The lowest BCUT2D eigenvalue weighted by atomic mass is 10.2. The monoisotopic (exact) mass is 336 g/mol. The number of aliphatic hydroxyl groups excluding tert-OH is 1. The number of sulfonamides is 1. The molecule has 1 aromatic carbocycles. The Labute approximate surface area is 116 Å². The minimum absolute atomic E-state index is 0.00609. The zero-order valence-electron chi connectivity index (χ0n) is 10.1. The van der Waals surface area contributed by atoms with E-state index in [2.05, 4.69) is 20.7 Å². The van der Waals surface area contributed by atoms with Gasteiger partial charge in [-0.25, -0.2) is 13.1 Å². The lowest BCUT2D eigenvalue weighted by molar-refractivity contribution is 0.167. The lowest BCUT2D eigenvalue weighted by Gasteiger charge is -2.11. The summed E-state index contributed by atoms with van der Waals surface area (Å²) in [6.45, 7) is 1.93. The summed E-state index contributed by atoms with van der Waals surface area (Å²) in [5.41, 5.74) is 5.99. The predicted molar refractivity (Wildman–Crippen MR) is 74.7 cm³/mol. The highest BCUT2D eigenvalue weighted by atomic mass is 79.9. The van der Waals surface area contributed by atoms with Gasteiger partial charge in [-0.1, -0.05) is 13.3 Å². The zero-order valence-corrected chi connectivity index (χ0v) is 12.5. The number of aliphatic hydroxyl groups is 1. The van der Waals surface area contributed by atoms with Gasteiger partial charge in [0.2, 0.25) is 10.0 Å². The predicted octanol–water partition coefficient (Wildman–Crippen LogP) is 1.47. The smallest absolute Gasteiger partial charge is 0.240 e. The number of hydrogen-bond acceptors (Lipinski definition) is 4. The van der Waals surface area contributed by atoms with Crippen LogP contribution in [-0.4, -0.2) is 26.2 Å². The summed E-state index contributed by atoms with van der Waals surface area (Å²) in [5, 5.41) is 9.50. The molecule has 0 fully saturated rings. The van der Waals surface area contributed by atoms with E-state index < -0.39 is 16.1 Å². The van der Waals surface area contributed by atoms with Gasteiger partial charge in [-0.05, 0) is 40.5 Å². The second kappa shape index (κ2) is 6.51. The van der Waals surface area contributed by atoms with E-state index in [-0.39, 0.29) is 11.4 Å². The number of halogens is 1. The molecule has 0 radical (unpaired) electrons. The van der Waals surface area contributed by atoms with Crippen LogP contribution in [0.4, 0.5) is 5.69 Å². The molecule has 0 aliphatic carbocycles. The molecule has 0 aromatic heterocycles. The number of benzene rings is 1. The molecule has 7 heteroatoms. The van der Waals surface area contributed by atoms with Crippen LogP contribution < -0.4 is 10.5 Å². The van der Waals surface area contributed by atoms with Crippen LogP contribution in [0.2, 0.25) is 0 Å². The summed E-state index contributed by atoms with van der Waals surface area (Å²) in [6.07, 6.45) is 0.691. The van der Waals surface area contributed by atoms with Crippen LogP contribution in [-0.2, 0) is 10.0 Å². The maximum atomic E-state index is 11.9. The van der Waals surface area contributed by atoms with Gasteiger partial charge in [0.05, 0.1) is 11.0 Å².